The number of rotatable bonds is 6. The summed E-state index contributed by atoms with van der Waals surface area (Å²) in [5.74, 6) is -0.0283. The maximum absolute atomic E-state index is 13.3. The monoisotopic (exact) mass is 504 g/mol. The van der Waals surface area contributed by atoms with Crippen molar-refractivity contribution in [3.8, 4) is 5.75 Å². The Morgan fingerprint density at radius 3 is 2.52 bits per heavy atom. The van der Waals surface area contributed by atoms with E-state index in [0.717, 1.165) is 24.1 Å². The molecule has 3 aromatic rings. The number of aryl methyl sites for hydroxylation is 2. The number of hydrogen-bond donors (Lipinski definition) is 1. The van der Waals surface area contributed by atoms with Gasteiger partial charge in [0.15, 0.2) is 6.61 Å². The van der Waals surface area contributed by atoms with E-state index in [9.17, 15) is 13.2 Å². The molecule has 0 fully saturated rings. The van der Waals surface area contributed by atoms with Gasteiger partial charge in [-0.3, -0.25) is 9.10 Å². The lowest BCUT2D eigenvalue weighted by molar-refractivity contribution is -0.118. The molecule has 3 aromatic carbocycles. The molecule has 0 atom stereocenters. The van der Waals surface area contributed by atoms with Crippen LogP contribution in [0.15, 0.2) is 65.6 Å². The normalized spacial score (nSPS) is 13.4. The number of para-hydroxylation sites is 2. The summed E-state index contributed by atoms with van der Waals surface area (Å²) in [7, 11) is -3.73. The largest absolute Gasteiger partial charge is 0.483 e. The minimum Gasteiger partial charge on any atom is -0.483 e. The van der Waals surface area contributed by atoms with Crippen molar-refractivity contribution in [2.45, 2.75) is 24.7 Å². The highest BCUT2D eigenvalue weighted by Crippen LogP contribution is 2.33. The lowest BCUT2D eigenvalue weighted by Gasteiger charge is -2.30. The molecule has 9 heteroatoms. The number of ether oxygens (including phenoxy) is 1. The molecule has 6 nitrogen and oxygen atoms in total. The number of nitrogens with zero attached hydrogens (tertiary/aromatic N) is 1. The molecule has 0 spiro atoms. The maximum Gasteiger partial charge on any atom is 0.264 e. The molecule has 1 amide bonds. The van der Waals surface area contributed by atoms with Crippen LogP contribution in [0.4, 0.5) is 11.4 Å². The summed E-state index contributed by atoms with van der Waals surface area (Å²) in [5, 5.41) is 3.27. The Kier molecular flexibility index (Phi) is 6.83. The molecule has 1 heterocycles. The van der Waals surface area contributed by atoms with Gasteiger partial charge in [-0.05, 0) is 67.3 Å². The molecule has 0 bridgehead atoms. The molecular formula is C24H22Cl2N2O4S. The quantitative estimate of drug-likeness (QED) is 0.483. The molecule has 0 saturated carbocycles. The Labute approximate surface area is 203 Å². The summed E-state index contributed by atoms with van der Waals surface area (Å²) in [4.78, 5) is 12.5. The van der Waals surface area contributed by atoms with Crippen molar-refractivity contribution < 1.29 is 17.9 Å². The first-order chi connectivity index (χ1) is 15.8. The number of benzene rings is 3. The Balaban J connectivity index is 1.48. The number of nitrogens with one attached hydrogen (secondary N) is 1. The molecule has 4 rings (SSSR count). The summed E-state index contributed by atoms with van der Waals surface area (Å²) < 4.78 is 33.8. The summed E-state index contributed by atoms with van der Waals surface area (Å²) in [6.07, 6.45) is 1.62. The molecule has 1 N–H and O–H groups in total. The lowest BCUT2D eigenvalue weighted by atomic mass is 10.0. The highest BCUT2D eigenvalue weighted by molar-refractivity contribution is 7.92. The van der Waals surface area contributed by atoms with Crippen molar-refractivity contribution >= 4 is 50.5 Å². The van der Waals surface area contributed by atoms with Gasteiger partial charge >= 0.3 is 0 Å². The van der Waals surface area contributed by atoms with Crippen molar-refractivity contribution in [1.29, 1.82) is 0 Å². The molecule has 0 aliphatic carbocycles. The van der Waals surface area contributed by atoms with Crippen LogP contribution in [0.5, 0.6) is 5.75 Å². The smallest absolute Gasteiger partial charge is 0.264 e. The SMILES string of the molecule is Cc1cc(S(=O)(=O)N2CCCc3ccccc32)ccc1OCC(=O)Nc1c(Cl)cccc1Cl. The standard InChI is InChI=1S/C24H22Cl2N2O4S/c1-16-14-18(33(30,31)28-13-5-7-17-6-2-3-10-21(17)28)11-12-22(16)32-15-23(29)27-24-19(25)8-4-9-20(24)26/h2-4,6,8-12,14H,5,7,13,15H2,1H3,(H,27,29). The first kappa shape index (κ1) is 23.4. The van der Waals surface area contributed by atoms with Crippen LogP contribution in [0.25, 0.3) is 0 Å². The molecule has 1 aliphatic heterocycles. The Morgan fingerprint density at radius 1 is 1.06 bits per heavy atom. The highest BCUT2D eigenvalue weighted by Gasteiger charge is 2.29. The average Bonchev–Trinajstić information content (AvgIpc) is 2.80. The van der Waals surface area contributed by atoms with Gasteiger partial charge in [0, 0.05) is 6.54 Å². The Bertz CT molecular complexity index is 1290. The topological polar surface area (TPSA) is 75.7 Å². The predicted octanol–water partition coefficient (Wildman–Crippen LogP) is 5.46. The number of hydrogen-bond acceptors (Lipinski definition) is 4. The van der Waals surface area contributed by atoms with Gasteiger partial charge in [-0.15, -0.1) is 0 Å². The van der Waals surface area contributed by atoms with Gasteiger partial charge in [0.2, 0.25) is 0 Å². The minimum absolute atomic E-state index is 0.177. The zero-order chi connectivity index (χ0) is 23.6. The van der Waals surface area contributed by atoms with Gasteiger partial charge in [0.1, 0.15) is 5.75 Å². The maximum atomic E-state index is 13.3. The van der Waals surface area contributed by atoms with Crippen molar-refractivity contribution in [1.82, 2.24) is 0 Å². The van der Waals surface area contributed by atoms with Crippen LogP contribution in [0, 0.1) is 6.92 Å². The fourth-order valence-corrected chi connectivity index (χ4v) is 5.87. The third-order valence-corrected chi connectivity index (χ3v) is 7.83. The second-order valence-electron chi connectivity index (χ2n) is 7.67. The van der Waals surface area contributed by atoms with Crippen LogP contribution in [0.2, 0.25) is 10.0 Å². The van der Waals surface area contributed by atoms with Crippen LogP contribution < -0.4 is 14.4 Å². The van der Waals surface area contributed by atoms with Gasteiger partial charge < -0.3 is 10.1 Å². The van der Waals surface area contributed by atoms with Crippen molar-refractivity contribution in [2.75, 3.05) is 22.8 Å². The molecule has 1 aliphatic rings. The van der Waals surface area contributed by atoms with Crippen LogP contribution in [0.1, 0.15) is 17.5 Å². The zero-order valence-corrected chi connectivity index (χ0v) is 20.2. The minimum atomic E-state index is -3.73. The van der Waals surface area contributed by atoms with Gasteiger partial charge in [0.05, 0.1) is 26.3 Å². The van der Waals surface area contributed by atoms with E-state index in [-0.39, 0.29) is 11.5 Å². The first-order valence-electron chi connectivity index (χ1n) is 10.4. The van der Waals surface area contributed by atoms with Gasteiger partial charge in [0.25, 0.3) is 15.9 Å². The van der Waals surface area contributed by atoms with Crippen molar-refractivity contribution in [3.63, 3.8) is 0 Å². The summed E-state index contributed by atoms with van der Waals surface area (Å²) in [6, 6.07) is 17.1. The molecular weight excluding hydrogens is 483 g/mol. The number of sulfonamides is 1. The van der Waals surface area contributed by atoms with E-state index in [2.05, 4.69) is 5.32 Å². The van der Waals surface area contributed by atoms with E-state index in [1.807, 2.05) is 24.3 Å². The number of anilines is 2. The summed E-state index contributed by atoms with van der Waals surface area (Å²) in [5.41, 5.74) is 2.66. The second kappa shape index (κ2) is 9.63. The van der Waals surface area contributed by atoms with E-state index in [1.165, 1.54) is 10.4 Å². The fraction of sp³-hybridized carbons (Fsp3) is 0.208. The van der Waals surface area contributed by atoms with E-state index >= 15 is 0 Å². The van der Waals surface area contributed by atoms with Crippen LogP contribution in [-0.2, 0) is 21.2 Å². The van der Waals surface area contributed by atoms with Crippen molar-refractivity contribution in [3.05, 3.63) is 81.8 Å². The second-order valence-corrected chi connectivity index (χ2v) is 10.3. The number of halogens is 2. The molecule has 33 heavy (non-hydrogen) atoms. The van der Waals surface area contributed by atoms with E-state index in [4.69, 9.17) is 27.9 Å². The highest BCUT2D eigenvalue weighted by atomic mass is 35.5. The van der Waals surface area contributed by atoms with Crippen molar-refractivity contribution in [2.24, 2.45) is 0 Å². The third kappa shape index (κ3) is 4.95. The first-order valence-corrected chi connectivity index (χ1v) is 12.5. The molecule has 0 unspecified atom stereocenters. The molecule has 172 valence electrons. The number of amides is 1. The van der Waals surface area contributed by atoms with Crippen LogP contribution in [-0.4, -0.2) is 27.5 Å². The number of fused-ring (bicyclic) bond motifs is 1. The number of carbonyl (C=O) groups excluding carboxylic acids is 1. The van der Waals surface area contributed by atoms with Crippen LogP contribution >= 0.6 is 23.2 Å². The van der Waals surface area contributed by atoms with E-state index in [0.29, 0.717) is 33.6 Å². The summed E-state index contributed by atoms with van der Waals surface area (Å²) in [6.45, 7) is 1.89. The fourth-order valence-electron chi connectivity index (χ4n) is 3.76. The van der Waals surface area contributed by atoms with E-state index in [1.54, 1.807) is 37.3 Å². The third-order valence-electron chi connectivity index (χ3n) is 5.39. The van der Waals surface area contributed by atoms with Gasteiger partial charge in [-0.2, -0.15) is 0 Å². The summed E-state index contributed by atoms with van der Waals surface area (Å²) >= 11 is 12.1. The van der Waals surface area contributed by atoms with E-state index < -0.39 is 15.9 Å². The van der Waals surface area contributed by atoms with Gasteiger partial charge in [-0.25, -0.2) is 8.42 Å². The molecule has 0 aromatic heterocycles. The molecule has 0 radical (unpaired) electrons. The van der Waals surface area contributed by atoms with Crippen LogP contribution in [0.3, 0.4) is 0 Å². The van der Waals surface area contributed by atoms with Gasteiger partial charge in [-0.1, -0.05) is 47.5 Å². The predicted molar refractivity (Wildman–Crippen MR) is 131 cm³/mol. The Hall–Kier alpha value is -2.74. The molecule has 0 saturated heterocycles. The number of carbonyl (C=O) groups is 1. The average molecular weight is 505 g/mol. The lowest BCUT2D eigenvalue weighted by Crippen LogP contribution is -2.35. The zero-order valence-electron chi connectivity index (χ0n) is 17.8. The Morgan fingerprint density at radius 2 is 1.79 bits per heavy atom.